The fourth-order valence-electron chi connectivity index (χ4n) is 4.94. The Hall–Kier alpha value is -5.20. The van der Waals surface area contributed by atoms with E-state index in [0.29, 0.717) is 33.1 Å². The van der Waals surface area contributed by atoms with Crippen LogP contribution in [0.3, 0.4) is 0 Å². The van der Waals surface area contributed by atoms with Gasteiger partial charge in [-0.3, -0.25) is 19.8 Å². The first-order chi connectivity index (χ1) is 24.5. The zero-order valence-electron chi connectivity index (χ0n) is 30.5. The summed E-state index contributed by atoms with van der Waals surface area (Å²) in [5, 5.41) is 30.2. The summed E-state index contributed by atoms with van der Waals surface area (Å²) in [7, 11) is 0. The SMILES string of the molecule is C[C@@H](C(=O)Nc1cc(C(C)(C)C)[nH]n1)c1ccn(-c2cccc(Cl)c2)n1.C[C@@H](C(=O)Nc1cc(C(C)(C)C)[nH]n1)c1ccn(-c2cccc(Cl)c2)n1. The Morgan fingerprint density at radius 3 is 1.35 bits per heavy atom. The Kier molecular flexibility index (Phi) is 11.4. The molecule has 2 aromatic carbocycles. The van der Waals surface area contributed by atoms with Gasteiger partial charge in [0.05, 0.1) is 34.6 Å². The third-order valence-electron chi connectivity index (χ3n) is 8.31. The summed E-state index contributed by atoms with van der Waals surface area (Å²) in [6, 6.07) is 22.2. The lowest BCUT2D eigenvalue weighted by molar-refractivity contribution is -0.118. The maximum atomic E-state index is 12.5. The lowest BCUT2D eigenvalue weighted by Gasteiger charge is -2.14. The minimum Gasteiger partial charge on any atom is -0.309 e. The van der Waals surface area contributed by atoms with E-state index >= 15 is 0 Å². The van der Waals surface area contributed by atoms with Crippen LogP contribution >= 0.6 is 23.2 Å². The molecule has 0 aliphatic carbocycles. The van der Waals surface area contributed by atoms with Crippen LogP contribution in [-0.4, -0.2) is 51.8 Å². The molecule has 4 aromatic heterocycles. The van der Waals surface area contributed by atoms with E-state index in [9.17, 15) is 9.59 Å². The molecule has 0 saturated heterocycles. The topological polar surface area (TPSA) is 151 Å². The molecular formula is C38H44Cl2N10O2. The number of hydrogen-bond acceptors (Lipinski definition) is 6. The number of nitrogens with one attached hydrogen (secondary N) is 4. The minimum absolute atomic E-state index is 0.0582. The molecule has 0 fully saturated rings. The van der Waals surface area contributed by atoms with E-state index in [-0.39, 0.29) is 22.6 Å². The van der Waals surface area contributed by atoms with Crippen LogP contribution < -0.4 is 10.6 Å². The lowest BCUT2D eigenvalue weighted by atomic mass is 9.92. The second-order valence-electron chi connectivity index (χ2n) is 14.6. The molecule has 0 bridgehead atoms. The van der Waals surface area contributed by atoms with Crippen molar-refractivity contribution in [3.63, 3.8) is 0 Å². The number of carbonyl (C=O) groups is 2. The highest BCUT2D eigenvalue weighted by Gasteiger charge is 2.23. The zero-order chi connectivity index (χ0) is 37.8. The monoisotopic (exact) mass is 742 g/mol. The molecular weight excluding hydrogens is 699 g/mol. The number of nitrogens with zero attached hydrogens (tertiary/aromatic N) is 6. The van der Waals surface area contributed by atoms with Crippen LogP contribution in [0.5, 0.6) is 0 Å². The maximum absolute atomic E-state index is 12.5. The van der Waals surface area contributed by atoms with Crippen molar-refractivity contribution in [2.75, 3.05) is 10.6 Å². The molecule has 6 aromatic rings. The molecule has 2 amide bonds. The number of aromatic amines is 2. The Bertz CT molecular complexity index is 2000. The van der Waals surface area contributed by atoms with Crippen LogP contribution in [0.4, 0.5) is 11.6 Å². The van der Waals surface area contributed by atoms with Gasteiger partial charge in [-0.1, -0.05) is 76.9 Å². The Labute approximate surface area is 313 Å². The second kappa shape index (κ2) is 15.6. The number of rotatable bonds is 8. The van der Waals surface area contributed by atoms with E-state index in [0.717, 1.165) is 22.8 Å². The van der Waals surface area contributed by atoms with Crippen molar-refractivity contribution in [1.29, 1.82) is 0 Å². The molecule has 4 heterocycles. The van der Waals surface area contributed by atoms with Gasteiger partial charge >= 0.3 is 0 Å². The summed E-state index contributed by atoms with van der Waals surface area (Å²) in [6.45, 7) is 16.1. The van der Waals surface area contributed by atoms with Crippen molar-refractivity contribution in [3.05, 3.63) is 118 Å². The molecule has 6 rings (SSSR count). The predicted octanol–water partition coefficient (Wildman–Crippen LogP) is 8.58. The maximum Gasteiger partial charge on any atom is 0.234 e. The third-order valence-corrected chi connectivity index (χ3v) is 8.78. The molecule has 0 radical (unpaired) electrons. The molecule has 52 heavy (non-hydrogen) atoms. The van der Waals surface area contributed by atoms with E-state index in [1.165, 1.54) is 0 Å². The summed E-state index contributed by atoms with van der Waals surface area (Å²) in [5.41, 5.74) is 4.85. The van der Waals surface area contributed by atoms with Crippen molar-refractivity contribution in [2.45, 2.75) is 78.1 Å². The Morgan fingerprint density at radius 2 is 1.02 bits per heavy atom. The third kappa shape index (κ3) is 9.56. The first kappa shape index (κ1) is 38.0. The van der Waals surface area contributed by atoms with Gasteiger partial charge in [0, 0.05) is 56.8 Å². The van der Waals surface area contributed by atoms with Crippen molar-refractivity contribution in [3.8, 4) is 11.4 Å². The smallest absolute Gasteiger partial charge is 0.234 e. The van der Waals surface area contributed by atoms with Crippen LogP contribution in [-0.2, 0) is 20.4 Å². The molecule has 4 N–H and O–H groups in total. The summed E-state index contributed by atoms with van der Waals surface area (Å²) >= 11 is 12.0. The molecule has 0 spiro atoms. The van der Waals surface area contributed by atoms with Crippen molar-refractivity contribution in [1.82, 2.24) is 40.0 Å². The average Bonchev–Trinajstić information content (AvgIpc) is 3.91. The first-order valence-electron chi connectivity index (χ1n) is 16.8. The van der Waals surface area contributed by atoms with Crippen molar-refractivity contribution >= 4 is 46.7 Å². The van der Waals surface area contributed by atoms with E-state index in [1.54, 1.807) is 21.5 Å². The fraction of sp³-hybridized carbons (Fsp3) is 0.316. The first-order valence-corrected chi connectivity index (χ1v) is 17.6. The molecule has 272 valence electrons. The van der Waals surface area contributed by atoms with Crippen molar-refractivity contribution in [2.24, 2.45) is 0 Å². The molecule has 0 aliphatic rings. The van der Waals surface area contributed by atoms with Gasteiger partial charge in [0.25, 0.3) is 0 Å². The molecule has 0 unspecified atom stereocenters. The average molecular weight is 744 g/mol. The fourth-order valence-corrected chi connectivity index (χ4v) is 5.31. The number of benzene rings is 2. The zero-order valence-corrected chi connectivity index (χ0v) is 32.0. The van der Waals surface area contributed by atoms with E-state index in [2.05, 4.69) is 82.8 Å². The van der Waals surface area contributed by atoms with Gasteiger partial charge in [-0.2, -0.15) is 20.4 Å². The highest BCUT2D eigenvalue weighted by Crippen LogP contribution is 2.25. The van der Waals surface area contributed by atoms with Gasteiger partial charge in [0.15, 0.2) is 11.6 Å². The molecule has 0 saturated carbocycles. The highest BCUT2D eigenvalue weighted by molar-refractivity contribution is 6.31. The molecule has 12 nitrogen and oxygen atoms in total. The summed E-state index contributed by atoms with van der Waals surface area (Å²) in [5.74, 6) is -0.112. The van der Waals surface area contributed by atoms with Gasteiger partial charge < -0.3 is 10.6 Å². The highest BCUT2D eigenvalue weighted by atomic mass is 35.5. The van der Waals surface area contributed by atoms with Gasteiger partial charge in [-0.05, 0) is 62.4 Å². The number of amides is 2. The Balaban J connectivity index is 0.000000201. The van der Waals surface area contributed by atoms with Crippen LogP contribution in [0.25, 0.3) is 11.4 Å². The number of anilines is 2. The number of H-pyrrole nitrogens is 2. The number of halogens is 2. The molecule has 14 heteroatoms. The van der Waals surface area contributed by atoms with E-state index in [1.807, 2.05) is 86.9 Å². The Morgan fingerprint density at radius 1 is 0.635 bits per heavy atom. The molecule has 0 aliphatic heterocycles. The van der Waals surface area contributed by atoms with Gasteiger partial charge in [0.1, 0.15) is 0 Å². The lowest BCUT2D eigenvalue weighted by Crippen LogP contribution is -2.19. The normalized spacial score (nSPS) is 12.8. The van der Waals surface area contributed by atoms with E-state index in [4.69, 9.17) is 23.2 Å². The van der Waals surface area contributed by atoms with Crippen LogP contribution in [0.2, 0.25) is 10.0 Å². The number of carbonyl (C=O) groups excluding carboxylic acids is 2. The van der Waals surface area contributed by atoms with Crippen LogP contribution in [0, 0.1) is 0 Å². The van der Waals surface area contributed by atoms with Gasteiger partial charge in [-0.25, -0.2) is 9.36 Å². The molecule has 2 atom stereocenters. The standard InChI is InChI=1S/2C19H22ClN5O/c2*1-12(18(26)21-17-11-16(22-23-17)19(2,3)4)15-8-9-25(24-15)14-7-5-6-13(20)10-14/h2*5-12H,1-4H3,(H2,21,22,23,26)/t2*12-/m11/s1. The second-order valence-corrected chi connectivity index (χ2v) is 15.5. The summed E-state index contributed by atoms with van der Waals surface area (Å²) in [6.07, 6.45) is 3.63. The number of aromatic nitrogens is 8. The summed E-state index contributed by atoms with van der Waals surface area (Å²) < 4.78 is 3.41. The van der Waals surface area contributed by atoms with Crippen LogP contribution in [0.1, 0.15) is 90.0 Å². The predicted molar refractivity (Wildman–Crippen MR) is 206 cm³/mol. The van der Waals surface area contributed by atoms with Crippen molar-refractivity contribution < 1.29 is 9.59 Å². The van der Waals surface area contributed by atoms with Gasteiger partial charge in [-0.15, -0.1) is 0 Å². The largest absolute Gasteiger partial charge is 0.309 e. The van der Waals surface area contributed by atoms with Gasteiger partial charge in [0.2, 0.25) is 11.8 Å². The van der Waals surface area contributed by atoms with Crippen LogP contribution in [0.15, 0.2) is 85.2 Å². The number of hydrogen-bond donors (Lipinski definition) is 4. The quantitative estimate of drug-likeness (QED) is 0.123. The minimum atomic E-state index is -0.412. The van der Waals surface area contributed by atoms with E-state index < -0.39 is 11.8 Å². The summed E-state index contributed by atoms with van der Waals surface area (Å²) in [4.78, 5) is 25.1.